The predicted molar refractivity (Wildman–Crippen MR) is 62.1 cm³/mol. The molecule has 0 fully saturated rings. The number of halogens is 1. The number of anilines is 1. The van der Waals surface area contributed by atoms with E-state index in [1.165, 1.54) is 6.07 Å². The van der Waals surface area contributed by atoms with Crippen LogP contribution in [0.5, 0.6) is 11.5 Å². The summed E-state index contributed by atoms with van der Waals surface area (Å²) >= 11 is 3.19. The highest BCUT2D eigenvalue weighted by Crippen LogP contribution is 2.43. The molecule has 0 radical (unpaired) electrons. The van der Waals surface area contributed by atoms with Crippen molar-refractivity contribution in [2.45, 2.75) is 6.92 Å². The van der Waals surface area contributed by atoms with Crippen molar-refractivity contribution in [3.05, 3.63) is 22.2 Å². The molecule has 0 amide bonds. The molecule has 2 rings (SSSR count). The second-order valence-electron chi connectivity index (χ2n) is 3.37. The Balaban J connectivity index is 2.70. The van der Waals surface area contributed by atoms with Crippen LogP contribution in [-0.2, 0) is 0 Å². The summed E-state index contributed by atoms with van der Waals surface area (Å²) in [6.07, 6.45) is 0. The van der Waals surface area contributed by atoms with Gasteiger partial charge in [0.2, 0.25) is 0 Å². The largest absolute Gasteiger partial charge is 0.504 e. The smallest absolute Gasteiger partial charge is 0.172 e. The summed E-state index contributed by atoms with van der Waals surface area (Å²) in [5.41, 5.74) is 6.80. The van der Waals surface area contributed by atoms with Gasteiger partial charge in [0.05, 0.1) is 4.47 Å². The molecule has 0 aliphatic rings. The number of phenolic OH excluding ortho intramolecular Hbond substituents is 2. The quantitative estimate of drug-likeness (QED) is 0.700. The second-order valence-corrected chi connectivity index (χ2v) is 4.16. The van der Waals surface area contributed by atoms with Crippen LogP contribution in [0.1, 0.15) is 5.56 Å². The maximum Gasteiger partial charge on any atom is 0.172 e. The molecule has 1 heterocycles. The van der Waals surface area contributed by atoms with Crippen molar-refractivity contribution in [1.29, 1.82) is 0 Å². The number of aryl methyl sites for hydroxylation is 1. The number of rotatable bonds is 1. The van der Waals surface area contributed by atoms with Crippen molar-refractivity contribution >= 4 is 21.7 Å². The van der Waals surface area contributed by atoms with Crippen LogP contribution in [0.2, 0.25) is 0 Å². The molecule has 84 valence electrons. The maximum absolute atomic E-state index is 9.59. The first kappa shape index (κ1) is 10.8. The van der Waals surface area contributed by atoms with Crippen LogP contribution < -0.4 is 5.73 Å². The molecule has 0 spiro atoms. The Kier molecular flexibility index (Phi) is 2.51. The number of nitrogen functional groups attached to an aromatic ring is 1. The van der Waals surface area contributed by atoms with Crippen molar-refractivity contribution in [3.8, 4) is 22.8 Å². The van der Waals surface area contributed by atoms with E-state index in [9.17, 15) is 10.2 Å². The third kappa shape index (κ3) is 1.61. The van der Waals surface area contributed by atoms with Gasteiger partial charge in [-0.05, 0) is 34.5 Å². The molecule has 0 atom stereocenters. The highest BCUT2D eigenvalue weighted by atomic mass is 79.9. The van der Waals surface area contributed by atoms with Crippen LogP contribution in [-0.4, -0.2) is 15.4 Å². The van der Waals surface area contributed by atoms with Crippen LogP contribution in [0, 0.1) is 6.92 Å². The maximum atomic E-state index is 9.59. The number of aromatic nitrogens is 1. The fraction of sp³-hybridized carbons (Fsp3) is 0.100. The van der Waals surface area contributed by atoms with Gasteiger partial charge in [-0.3, -0.25) is 0 Å². The molecule has 2 aromatic rings. The normalized spacial score (nSPS) is 10.6. The minimum atomic E-state index is -0.240. The van der Waals surface area contributed by atoms with E-state index in [4.69, 9.17) is 10.3 Å². The molecule has 0 bridgehead atoms. The Morgan fingerprint density at radius 2 is 2.06 bits per heavy atom. The molecular weight excluding hydrogens is 276 g/mol. The SMILES string of the molecule is Cc1cc(O)c(O)c(Br)c1-c1cc(N)no1. The Labute approximate surface area is 99.6 Å². The van der Waals surface area contributed by atoms with Crippen LogP contribution in [0.4, 0.5) is 5.82 Å². The Hall–Kier alpha value is -1.69. The molecule has 16 heavy (non-hydrogen) atoms. The molecule has 4 N–H and O–H groups in total. The number of hydrogen-bond acceptors (Lipinski definition) is 5. The number of phenols is 2. The van der Waals surface area contributed by atoms with E-state index in [1.54, 1.807) is 13.0 Å². The van der Waals surface area contributed by atoms with Gasteiger partial charge in [0.25, 0.3) is 0 Å². The van der Waals surface area contributed by atoms with Crippen LogP contribution >= 0.6 is 15.9 Å². The Morgan fingerprint density at radius 3 is 2.62 bits per heavy atom. The number of benzene rings is 1. The highest BCUT2D eigenvalue weighted by molar-refractivity contribution is 9.10. The summed E-state index contributed by atoms with van der Waals surface area (Å²) in [7, 11) is 0. The van der Waals surface area contributed by atoms with Crippen molar-refractivity contribution in [3.63, 3.8) is 0 Å². The standard InChI is InChI=1S/C10H9BrN2O3/c1-4-2-5(14)10(15)9(11)8(4)6-3-7(12)13-16-6/h2-3,14-15H,1H3,(H2,12,13). The molecule has 0 unspecified atom stereocenters. The van der Waals surface area contributed by atoms with Gasteiger partial charge < -0.3 is 20.5 Å². The summed E-state index contributed by atoms with van der Waals surface area (Å²) in [6.45, 7) is 1.78. The zero-order valence-electron chi connectivity index (χ0n) is 8.36. The molecule has 1 aromatic heterocycles. The molecule has 5 nitrogen and oxygen atoms in total. The van der Waals surface area contributed by atoms with E-state index in [0.717, 1.165) is 5.56 Å². The fourth-order valence-corrected chi connectivity index (χ4v) is 2.17. The molecular formula is C10H9BrN2O3. The zero-order valence-corrected chi connectivity index (χ0v) is 9.95. The van der Waals surface area contributed by atoms with Gasteiger partial charge in [-0.1, -0.05) is 5.16 Å². The molecule has 0 saturated carbocycles. The summed E-state index contributed by atoms with van der Waals surface area (Å²) in [5, 5.41) is 22.6. The summed E-state index contributed by atoms with van der Waals surface area (Å²) in [6, 6.07) is 2.98. The first-order valence-corrected chi connectivity index (χ1v) is 5.23. The third-order valence-electron chi connectivity index (χ3n) is 2.19. The van der Waals surface area contributed by atoms with Gasteiger partial charge in [-0.25, -0.2) is 0 Å². The third-order valence-corrected chi connectivity index (χ3v) is 2.96. The van der Waals surface area contributed by atoms with Gasteiger partial charge in [0, 0.05) is 11.6 Å². The summed E-state index contributed by atoms with van der Waals surface area (Å²) in [5.74, 6) is 0.252. The van der Waals surface area contributed by atoms with Crippen LogP contribution in [0.15, 0.2) is 21.1 Å². The first-order chi connectivity index (χ1) is 7.50. The molecule has 0 saturated heterocycles. The van der Waals surface area contributed by atoms with Crippen molar-refractivity contribution in [2.75, 3.05) is 5.73 Å². The van der Waals surface area contributed by atoms with Gasteiger partial charge >= 0.3 is 0 Å². The lowest BCUT2D eigenvalue weighted by molar-refractivity contribution is 0.400. The lowest BCUT2D eigenvalue weighted by Crippen LogP contribution is -1.85. The first-order valence-electron chi connectivity index (χ1n) is 4.44. The lowest BCUT2D eigenvalue weighted by atomic mass is 10.1. The highest BCUT2D eigenvalue weighted by Gasteiger charge is 2.17. The van der Waals surface area contributed by atoms with E-state index in [1.807, 2.05) is 0 Å². The molecule has 0 aliphatic carbocycles. The topological polar surface area (TPSA) is 92.5 Å². The Morgan fingerprint density at radius 1 is 1.38 bits per heavy atom. The zero-order chi connectivity index (χ0) is 11.9. The lowest BCUT2D eigenvalue weighted by Gasteiger charge is -2.08. The van der Waals surface area contributed by atoms with E-state index < -0.39 is 0 Å². The molecule has 6 heteroatoms. The monoisotopic (exact) mass is 284 g/mol. The number of aromatic hydroxyl groups is 2. The predicted octanol–water partition coefficient (Wildman–Crippen LogP) is 2.41. The van der Waals surface area contributed by atoms with Gasteiger partial charge in [0.1, 0.15) is 0 Å². The van der Waals surface area contributed by atoms with E-state index in [0.29, 0.717) is 15.8 Å². The number of nitrogens with two attached hydrogens (primary N) is 1. The van der Waals surface area contributed by atoms with Crippen LogP contribution in [0.3, 0.4) is 0 Å². The minimum Gasteiger partial charge on any atom is -0.504 e. The summed E-state index contributed by atoms with van der Waals surface area (Å²) < 4.78 is 5.36. The number of hydrogen-bond donors (Lipinski definition) is 3. The average molecular weight is 285 g/mol. The van der Waals surface area contributed by atoms with Crippen molar-refractivity contribution in [1.82, 2.24) is 5.16 Å². The fourth-order valence-electron chi connectivity index (χ4n) is 1.46. The van der Waals surface area contributed by atoms with Crippen molar-refractivity contribution < 1.29 is 14.7 Å². The Bertz CT molecular complexity index is 551. The van der Waals surface area contributed by atoms with Gasteiger partial charge in [0.15, 0.2) is 23.1 Å². The van der Waals surface area contributed by atoms with Crippen LogP contribution in [0.25, 0.3) is 11.3 Å². The van der Waals surface area contributed by atoms with Crippen molar-refractivity contribution in [2.24, 2.45) is 0 Å². The minimum absolute atomic E-state index is 0.194. The average Bonchev–Trinajstić information content (AvgIpc) is 2.61. The molecule has 0 aliphatic heterocycles. The van der Waals surface area contributed by atoms with Gasteiger partial charge in [-0.2, -0.15) is 0 Å². The van der Waals surface area contributed by atoms with E-state index in [-0.39, 0.29) is 17.3 Å². The second kappa shape index (κ2) is 3.71. The number of nitrogens with zero attached hydrogens (tertiary/aromatic N) is 1. The van der Waals surface area contributed by atoms with E-state index in [2.05, 4.69) is 21.1 Å². The molecule has 1 aromatic carbocycles. The van der Waals surface area contributed by atoms with Gasteiger partial charge in [-0.15, -0.1) is 0 Å². The van der Waals surface area contributed by atoms with E-state index >= 15 is 0 Å². The summed E-state index contributed by atoms with van der Waals surface area (Å²) in [4.78, 5) is 0.